The van der Waals surface area contributed by atoms with Gasteiger partial charge in [0.2, 0.25) is 0 Å². The molecule has 0 bridgehead atoms. The van der Waals surface area contributed by atoms with Gasteiger partial charge in [-0.1, -0.05) is 29.8 Å². The fourth-order valence-electron chi connectivity index (χ4n) is 3.40. The Balaban J connectivity index is 1.35. The van der Waals surface area contributed by atoms with E-state index in [0.717, 1.165) is 56.3 Å². The van der Waals surface area contributed by atoms with Crippen LogP contribution in [0.4, 0.5) is 5.69 Å². The second-order valence-electron chi connectivity index (χ2n) is 7.10. The highest BCUT2D eigenvalue weighted by molar-refractivity contribution is 6.30. The molecule has 5 nitrogen and oxygen atoms in total. The number of piperazine rings is 1. The summed E-state index contributed by atoms with van der Waals surface area (Å²) in [6.07, 6.45) is 0. The number of ether oxygens (including phenoxy) is 1. The fraction of sp³-hybridized carbons (Fsp3) is 0.381. The Hall–Kier alpha value is -2.08. The monoisotopic (exact) mass is 389 g/mol. The van der Waals surface area contributed by atoms with E-state index in [4.69, 9.17) is 16.3 Å². The maximum Gasteiger partial charge on any atom is 0.279 e. The quantitative estimate of drug-likeness (QED) is 0.644. The maximum atomic E-state index is 12.3. The first-order valence-electron chi connectivity index (χ1n) is 9.51. The summed E-state index contributed by atoms with van der Waals surface area (Å²) in [4.78, 5) is 15.2. The third kappa shape index (κ3) is 6.24. The van der Waals surface area contributed by atoms with Gasteiger partial charge < -0.3 is 19.9 Å². The molecule has 1 fully saturated rings. The minimum atomic E-state index is 0.0614. The number of carbonyl (C=O) groups is 1. The van der Waals surface area contributed by atoms with E-state index >= 15 is 0 Å². The lowest BCUT2D eigenvalue weighted by atomic mass is 10.2. The van der Waals surface area contributed by atoms with Gasteiger partial charge in [0, 0.05) is 10.7 Å². The summed E-state index contributed by atoms with van der Waals surface area (Å²) in [5.41, 5.74) is 1.82. The van der Waals surface area contributed by atoms with E-state index in [2.05, 4.69) is 5.32 Å². The Kier molecular flexibility index (Phi) is 7.10. The van der Waals surface area contributed by atoms with Crippen molar-refractivity contribution >= 4 is 23.2 Å². The molecule has 1 heterocycles. The number of rotatable bonds is 7. The molecule has 0 atom stereocenters. The lowest BCUT2D eigenvalue weighted by molar-refractivity contribution is -1.01. The van der Waals surface area contributed by atoms with Gasteiger partial charge in [-0.25, -0.2) is 0 Å². The first-order valence-corrected chi connectivity index (χ1v) is 9.89. The van der Waals surface area contributed by atoms with Crippen molar-refractivity contribution in [2.24, 2.45) is 0 Å². The van der Waals surface area contributed by atoms with Crippen LogP contribution in [0, 0.1) is 6.92 Å². The van der Waals surface area contributed by atoms with Crippen LogP contribution in [-0.4, -0.2) is 51.8 Å². The van der Waals surface area contributed by atoms with Gasteiger partial charge in [-0.3, -0.25) is 4.79 Å². The van der Waals surface area contributed by atoms with E-state index in [-0.39, 0.29) is 5.91 Å². The normalized spacial score (nSPS) is 19.5. The van der Waals surface area contributed by atoms with E-state index in [9.17, 15) is 4.79 Å². The van der Waals surface area contributed by atoms with Crippen molar-refractivity contribution in [3.63, 3.8) is 0 Å². The highest BCUT2D eigenvalue weighted by Crippen LogP contribution is 2.19. The average molecular weight is 390 g/mol. The molecule has 0 spiro atoms. The Morgan fingerprint density at radius 2 is 1.78 bits per heavy atom. The lowest BCUT2D eigenvalue weighted by Crippen LogP contribution is -3.28. The average Bonchev–Trinajstić information content (AvgIpc) is 2.66. The largest absolute Gasteiger partial charge is 0.488 e. The summed E-state index contributed by atoms with van der Waals surface area (Å²) in [6.45, 7) is 8.34. The number of hydrogen-bond acceptors (Lipinski definition) is 2. The smallest absolute Gasteiger partial charge is 0.279 e. The van der Waals surface area contributed by atoms with E-state index in [1.807, 2.05) is 49.4 Å². The van der Waals surface area contributed by atoms with Gasteiger partial charge in [0.15, 0.2) is 6.54 Å². The van der Waals surface area contributed by atoms with Crippen LogP contribution in [0.25, 0.3) is 0 Å². The molecule has 27 heavy (non-hydrogen) atoms. The summed E-state index contributed by atoms with van der Waals surface area (Å²) in [7, 11) is 0. The van der Waals surface area contributed by atoms with Gasteiger partial charge in [0.1, 0.15) is 45.1 Å². The molecule has 1 saturated heterocycles. The molecule has 3 N–H and O–H groups in total. The van der Waals surface area contributed by atoms with Crippen molar-refractivity contribution in [3.8, 4) is 5.75 Å². The number of carbonyl (C=O) groups excluding carboxylic acids is 1. The van der Waals surface area contributed by atoms with Crippen molar-refractivity contribution in [1.82, 2.24) is 0 Å². The topological polar surface area (TPSA) is 47.2 Å². The number of hydrogen-bond donors (Lipinski definition) is 3. The third-order valence-corrected chi connectivity index (χ3v) is 5.24. The van der Waals surface area contributed by atoms with Crippen molar-refractivity contribution in [2.45, 2.75) is 6.92 Å². The van der Waals surface area contributed by atoms with Gasteiger partial charge >= 0.3 is 0 Å². The first kappa shape index (κ1) is 19.7. The second-order valence-corrected chi connectivity index (χ2v) is 7.53. The molecule has 3 rings (SSSR count). The standard InChI is InChI=1S/C21H26ClN3O2/c1-17-15-18(22)7-8-20(17)23-21(26)16-25-11-9-24(10-12-25)13-14-27-19-5-3-2-4-6-19/h2-8,15H,9-14,16H2,1H3,(H,23,26)/p+2. The summed E-state index contributed by atoms with van der Waals surface area (Å²) in [5, 5.41) is 3.69. The summed E-state index contributed by atoms with van der Waals surface area (Å²) < 4.78 is 5.78. The number of halogens is 1. The number of aryl methyl sites for hydroxylation is 1. The van der Waals surface area contributed by atoms with Crippen LogP contribution in [0.2, 0.25) is 5.02 Å². The molecule has 0 saturated carbocycles. The predicted molar refractivity (Wildman–Crippen MR) is 108 cm³/mol. The zero-order valence-electron chi connectivity index (χ0n) is 15.8. The molecule has 1 amide bonds. The van der Waals surface area contributed by atoms with Crippen LogP contribution in [-0.2, 0) is 4.79 Å². The van der Waals surface area contributed by atoms with Crippen molar-refractivity contribution in [1.29, 1.82) is 0 Å². The highest BCUT2D eigenvalue weighted by atomic mass is 35.5. The second kappa shape index (κ2) is 9.74. The van der Waals surface area contributed by atoms with Crippen LogP contribution in [0.3, 0.4) is 0 Å². The number of para-hydroxylation sites is 1. The molecule has 0 aromatic heterocycles. The minimum absolute atomic E-state index is 0.0614. The Morgan fingerprint density at radius 3 is 2.48 bits per heavy atom. The zero-order chi connectivity index (χ0) is 19.1. The van der Waals surface area contributed by atoms with E-state index < -0.39 is 0 Å². The van der Waals surface area contributed by atoms with E-state index in [1.54, 1.807) is 11.0 Å². The lowest BCUT2D eigenvalue weighted by Gasteiger charge is -2.29. The van der Waals surface area contributed by atoms with Gasteiger partial charge in [-0.15, -0.1) is 0 Å². The van der Waals surface area contributed by atoms with Gasteiger partial charge in [-0.05, 0) is 42.8 Å². The molecule has 1 aliphatic heterocycles. The third-order valence-electron chi connectivity index (χ3n) is 5.00. The molecule has 0 unspecified atom stereocenters. The number of anilines is 1. The number of benzene rings is 2. The summed E-state index contributed by atoms with van der Waals surface area (Å²) in [6, 6.07) is 15.5. The van der Waals surface area contributed by atoms with Gasteiger partial charge in [0.05, 0.1) is 0 Å². The molecular formula is C21H28ClN3O2+2. The molecule has 2 aromatic rings. The predicted octanol–water partition coefficient (Wildman–Crippen LogP) is 0.449. The molecule has 0 aliphatic carbocycles. The summed E-state index contributed by atoms with van der Waals surface area (Å²) >= 11 is 5.97. The van der Waals surface area contributed by atoms with Gasteiger partial charge in [-0.2, -0.15) is 0 Å². The van der Waals surface area contributed by atoms with Crippen LogP contribution in [0.5, 0.6) is 5.75 Å². The molecule has 0 radical (unpaired) electrons. The minimum Gasteiger partial charge on any atom is -0.488 e. The number of quaternary nitrogens is 2. The Labute approximate surface area is 165 Å². The van der Waals surface area contributed by atoms with Crippen LogP contribution in [0.1, 0.15) is 5.56 Å². The molecular weight excluding hydrogens is 362 g/mol. The van der Waals surface area contributed by atoms with E-state index in [1.165, 1.54) is 4.90 Å². The molecule has 144 valence electrons. The van der Waals surface area contributed by atoms with E-state index in [0.29, 0.717) is 11.6 Å². The van der Waals surface area contributed by atoms with Crippen molar-refractivity contribution in [3.05, 3.63) is 59.1 Å². The van der Waals surface area contributed by atoms with Gasteiger partial charge in [0.25, 0.3) is 5.91 Å². The van der Waals surface area contributed by atoms with Crippen molar-refractivity contribution < 1.29 is 19.3 Å². The number of nitrogens with one attached hydrogen (secondary N) is 3. The van der Waals surface area contributed by atoms with Crippen molar-refractivity contribution in [2.75, 3.05) is 51.2 Å². The summed E-state index contributed by atoms with van der Waals surface area (Å²) in [5.74, 6) is 0.988. The fourth-order valence-corrected chi connectivity index (χ4v) is 3.63. The molecule has 2 aromatic carbocycles. The van der Waals surface area contributed by atoms with Crippen LogP contribution >= 0.6 is 11.6 Å². The Bertz CT molecular complexity index is 746. The highest BCUT2D eigenvalue weighted by Gasteiger charge is 2.24. The Morgan fingerprint density at radius 1 is 1.07 bits per heavy atom. The SMILES string of the molecule is Cc1cc(Cl)ccc1NC(=O)C[NH+]1CC[NH+](CCOc2ccccc2)CC1. The number of amides is 1. The molecule has 1 aliphatic rings. The maximum absolute atomic E-state index is 12.3. The van der Waals surface area contributed by atoms with Crippen LogP contribution in [0.15, 0.2) is 48.5 Å². The molecule has 6 heteroatoms. The zero-order valence-corrected chi connectivity index (χ0v) is 16.5. The van der Waals surface area contributed by atoms with Crippen LogP contribution < -0.4 is 19.9 Å². The first-order chi connectivity index (χ1) is 13.1.